The molecule has 21 heavy (non-hydrogen) atoms. The first-order valence-corrected chi connectivity index (χ1v) is 7.10. The second-order valence-corrected chi connectivity index (χ2v) is 5.41. The first-order chi connectivity index (χ1) is 10.1. The maximum atomic E-state index is 12.1. The number of ether oxygens (including phenoxy) is 1. The van der Waals surface area contributed by atoms with Gasteiger partial charge in [0.1, 0.15) is 6.54 Å². The van der Waals surface area contributed by atoms with Crippen molar-refractivity contribution < 1.29 is 13.9 Å². The highest BCUT2D eigenvalue weighted by molar-refractivity contribution is 5.80. The summed E-state index contributed by atoms with van der Waals surface area (Å²) in [5.74, 6) is -0.706. The molecule has 1 atom stereocenters. The van der Waals surface area contributed by atoms with Crippen LogP contribution in [-0.4, -0.2) is 29.7 Å². The van der Waals surface area contributed by atoms with Crippen molar-refractivity contribution in [1.29, 1.82) is 0 Å². The number of carbonyl (C=O) groups is 1. The predicted molar refractivity (Wildman–Crippen MR) is 77.2 cm³/mol. The number of fused-ring (bicyclic) bond motifs is 1. The summed E-state index contributed by atoms with van der Waals surface area (Å²) in [7, 11) is 0. The molecule has 0 saturated carbocycles. The summed E-state index contributed by atoms with van der Waals surface area (Å²) < 4.78 is 11.8. The van der Waals surface area contributed by atoms with E-state index in [2.05, 4.69) is 5.32 Å². The maximum Gasteiger partial charge on any atom is 0.420 e. The largest absolute Gasteiger partial charge is 0.420 e. The number of aromatic nitrogens is 1. The third-order valence-corrected chi connectivity index (χ3v) is 3.65. The molecule has 6 nitrogen and oxygen atoms in total. The van der Waals surface area contributed by atoms with Gasteiger partial charge in [0.15, 0.2) is 5.58 Å². The number of benzene rings is 1. The molecule has 1 aliphatic heterocycles. The van der Waals surface area contributed by atoms with E-state index in [9.17, 15) is 9.59 Å². The van der Waals surface area contributed by atoms with Crippen LogP contribution in [0.15, 0.2) is 27.4 Å². The van der Waals surface area contributed by atoms with Crippen LogP contribution in [0.3, 0.4) is 0 Å². The average molecular weight is 290 g/mol. The number of hydrogen-bond acceptors (Lipinski definition) is 4. The minimum absolute atomic E-state index is 0.0295. The van der Waals surface area contributed by atoms with Crippen molar-refractivity contribution in [1.82, 2.24) is 9.88 Å². The number of rotatable bonds is 3. The van der Waals surface area contributed by atoms with E-state index >= 15 is 0 Å². The van der Waals surface area contributed by atoms with Gasteiger partial charge >= 0.3 is 5.76 Å². The highest BCUT2D eigenvalue weighted by Gasteiger charge is 2.18. The van der Waals surface area contributed by atoms with Crippen molar-refractivity contribution in [2.45, 2.75) is 32.4 Å². The average Bonchev–Trinajstić information content (AvgIpc) is 2.76. The van der Waals surface area contributed by atoms with Gasteiger partial charge in [0, 0.05) is 6.61 Å². The van der Waals surface area contributed by atoms with Gasteiger partial charge in [0.2, 0.25) is 5.91 Å². The minimum atomic E-state index is -0.509. The normalized spacial score (nSPS) is 18.8. The third-order valence-electron chi connectivity index (χ3n) is 3.65. The lowest BCUT2D eigenvalue weighted by atomic mass is 10.1. The molecule has 2 heterocycles. The Morgan fingerprint density at radius 2 is 2.33 bits per heavy atom. The van der Waals surface area contributed by atoms with Crippen LogP contribution in [0, 0.1) is 6.92 Å². The molecule has 6 heteroatoms. The Morgan fingerprint density at radius 1 is 1.48 bits per heavy atom. The molecule has 0 spiro atoms. The molecule has 1 fully saturated rings. The minimum Gasteiger partial charge on any atom is -0.408 e. The zero-order valence-electron chi connectivity index (χ0n) is 11.9. The summed E-state index contributed by atoms with van der Waals surface area (Å²) in [4.78, 5) is 24.0. The fourth-order valence-electron chi connectivity index (χ4n) is 2.59. The molecule has 2 aromatic rings. The van der Waals surface area contributed by atoms with Crippen LogP contribution in [0.25, 0.3) is 11.1 Å². The van der Waals surface area contributed by atoms with Gasteiger partial charge in [0.05, 0.1) is 18.2 Å². The van der Waals surface area contributed by atoms with Crippen molar-refractivity contribution in [3.63, 3.8) is 0 Å². The van der Waals surface area contributed by atoms with Crippen molar-refractivity contribution in [3.8, 4) is 0 Å². The van der Waals surface area contributed by atoms with Gasteiger partial charge < -0.3 is 14.5 Å². The van der Waals surface area contributed by atoms with Crippen LogP contribution in [0.2, 0.25) is 0 Å². The molecule has 3 rings (SSSR count). The molecule has 1 aromatic heterocycles. The molecule has 1 aromatic carbocycles. The summed E-state index contributed by atoms with van der Waals surface area (Å²) in [6, 6.07) is 5.49. The Hall–Kier alpha value is -2.08. The van der Waals surface area contributed by atoms with Crippen molar-refractivity contribution >= 4 is 17.0 Å². The van der Waals surface area contributed by atoms with E-state index in [1.165, 1.54) is 4.57 Å². The second-order valence-electron chi connectivity index (χ2n) is 5.41. The Balaban J connectivity index is 1.77. The topological polar surface area (TPSA) is 73.5 Å². The van der Waals surface area contributed by atoms with E-state index in [0.29, 0.717) is 17.7 Å². The lowest BCUT2D eigenvalue weighted by Crippen LogP contribution is -2.42. The molecule has 0 bridgehead atoms. The van der Waals surface area contributed by atoms with E-state index in [4.69, 9.17) is 9.15 Å². The first-order valence-electron chi connectivity index (χ1n) is 7.10. The number of carbonyl (C=O) groups excluding carboxylic acids is 1. The number of amides is 1. The quantitative estimate of drug-likeness (QED) is 0.921. The number of nitrogens with one attached hydrogen (secondary N) is 1. The zero-order chi connectivity index (χ0) is 14.8. The van der Waals surface area contributed by atoms with Crippen LogP contribution < -0.4 is 11.1 Å². The molecule has 1 amide bonds. The number of nitrogens with zero attached hydrogens (tertiary/aromatic N) is 1. The van der Waals surface area contributed by atoms with E-state index in [1.54, 1.807) is 6.07 Å². The molecule has 1 unspecified atom stereocenters. The summed E-state index contributed by atoms with van der Waals surface area (Å²) in [5, 5.41) is 2.90. The fraction of sp³-hybridized carbons (Fsp3) is 0.467. The summed E-state index contributed by atoms with van der Waals surface area (Å²) in [5.41, 5.74) is 2.16. The molecule has 0 aliphatic carbocycles. The van der Waals surface area contributed by atoms with Gasteiger partial charge in [0.25, 0.3) is 0 Å². The Labute approximate surface area is 121 Å². The van der Waals surface area contributed by atoms with E-state index in [-0.39, 0.29) is 18.5 Å². The van der Waals surface area contributed by atoms with E-state index < -0.39 is 5.76 Å². The monoisotopic (exact) mass is 290 g/mol. The Kier molecular flexibility index (Phi) is 3.79. The predicted octanol–water partition coefficient (Wildman–Crippen LogP) is 1.20. The Bertz CT molecular complexity index is 710. The van der Waals surface area contributed by atoms with Gasteiger partial charge in [-0.1, -0.05) is 6.07 Å². The van der Waals surface area contributed by atoms with Crippen LogP contribution in [0.1, 0.15) is 18.4 Å². The van der Waals surface area contributed by atoms with Gasteiger partial charge in [-0.05, 0) is 37.5 Å². The first kappa shape index (κ1) is 13.9. The smallest absolute Gasteiger partial charge is 0.408 e. The SMILES string of the molecule is Cc1ccc2oc(=O)n(CC(=O)NC3CCCOC3)c2c1. The number of hydrogen-bond donors (Lipinski definition) is 1. The highest BCUT2D eigenvalue weighted by Crippen LogP contribution is 2.14. The summed E-state index contributed by atoms with van der Waals surface area (Å²) >= 11 is 0. The standard InChI is InChI=1S/C15H18N2O4/c1-10-4-5-13-12(7-10)17(15(19)21-13)8-14(18)16-11-3-2-6-20-9-11/h4-5,7,11H,2-3,6,8-9H2,1H3,(H,16,18). The maximum absolute atomic E-state index is 12.1. The molecule has 1 aliphatic rings. The Morgan fingerprint density at radius 3 is 3.10 bits per heavy atom. The lowest BCUT2D eigenvalue weighted by molar-refractivity contribution is -0.123. The fourth-order valence-corrected chi connectivity index (χ4v) is 2.59. The van der Waals surface area contributed by atoms with Gasteiger partial charge in [-0.2, -0.15) is 0 Å². The van der Waals surface area contributed by atoms with Gasteiger partial charge in [-0.3, -0.25) is 9.36 Å². The molecule has 112 valence electrons. The molecule has 1 N–H and O–H groups in total. The van der Waals surface area contributed by atoms with E-state index in [1.807, 2.05) is 19.1 Å². The zero-order valence-corrected chi connectivity index (χ0v) is 11.9. The number of oxazole rings is 1. The van der Waals surface area contributed by atoms with Crippen LogP contribution in [-0.2, 0) is 16.1 Å². The van der Waals surface area contributed by atoms with Gasteiger partial charge in [-0.15, -0.1) is 0 Å². The van der Waals surface area contributed by atoms with Crippen LogP contribution in [0.5, 0.6) is 0 Å². The second kappa shape index (κ2) is 5.73. The summed E-state index contributed by atoms with van der Waals surface area (Å²) in [6.45, 7) is 3.18. The van der Waals surface area contributed by atoms with Crippen LogP contribution in [0.4, 0.5) is 0 Å². The van der Waals surface area contributed by atoms with E-state index in [0.717, 1.165) is 25.0 Å². The molecular weight excluding hydrogens is 272 g/mol. The molecule has 1 saturated heterocycles. The van der Waals surface area contributed by atoms with Crippen molar-refractivity contribution in [2.75, 3.05) is 13.2 Å². The lowest BCUT2D eigenvalue weighted by Gasteiger charge is -2.23. The molecule has 0 radical (unpaired) electrons. The number of aryl methyl sites for hydroxylation is 1. The van der Waals surface area contributed by atoms with Crippen molar-refractivity contribution in [2.24, 2.45) is 0 Å². The highest BCUT2D eigenvalue weighted by atomic mass is 16.5. The van der Waals surface area contributed by atoms with Crippen LogP contribution >= 0.6 is 0 Å². The summed E-state index contributed by atoms with van der Waals surface area (Å²) in [6.07, 6.45) is 1.85. The van der Waals surface area contributed by atoms with Crippen molar-refractivity contribution in [3.05, 3.63) is 34.3 Å². The third kappa shape index (κ3) is 3.00. The molecular formula is C15H18N2O4. The van der Waals surface area contributed by atoms with Gasteiger partial charge in [-0.25, -0.2) is 4.79 Å².